The maximum Gasteiger partial charge on any atom is 0.249 e. The fourth-order valence-electron chi connectivity index (χ4n) is 2.68. The van der Waals surface area contributed by atoms with E-state index in [-0.39, 0.29) is 10.3 Å². The molecule has 0 fully saturated rings. The Balaban J connectivity index is 1.87. The smallest absolute Gasteiger partial charge is 0.249 e. The second kappa shape index (κ2) is 5.40. The van der Waals surface area contributed by atoms with E-state index in [1.54, 1.807) is 0 Å². The molecule has 0 saturated carbocycles. The molecule has 1 atom stereocenters. The first kappa shape index (κ1) is 14.5. The highest BCUT2D eigenvalue weighted by Crippen LogP contribution is 2.34. The van der Waals surface area contributed by atoms with Crippen LogP contribution in [0.3, 0.4) is 0 Å². The average Bonchev–Trinajstić information content (AvgIpc) is 2.88. The molecule has 1 aliphatic carbocycles. The Labute approximate surface area is 128 Å². The van der Waals surface area contributed by atoms with Crippen molar-refractivity contribution in [1.29, 1.82) is 0 Å². The summed E-state index contributed by atoms with van der Waals surface area (Å²) >= 11 is 1.08. The monoisotopic (exact) mass is 323 g/mol. The van der Waals surface area contributed by atoms with Gasteiger partial charge in [0.2, 0.25) is 10.0 Å². The molecule has 0 spiro atoms. The molecule has 1 heterocycles. The quantitative estimate of drug-likeness (QED) is 0.909. The van der Waals surface area contributed by atoms with Gasteiger partial charge in [0.05, 0.1) is 12.2 Å². The third-order valence-electron chi connectivity index (χ3n) is 3.68. The van der Waals surface area contributed by atoms with Gasteiger partial charge in [-0.2, -0.15) is 0 Å². The lowest BCUT2D eigenvalue weighted by Gasteiger charge is -2.26. The van der Waals surface area contributed by atoms with Gasteiger partial charge in [0.1, 0.15) is 0 Å². The van der Waals surface area contributed by atoms with Crippen LogP contribution in [0.25, 0.3) is 0 Å². The van der Waals surface area contributed by atoms with Crippen LogP contribution in [0.4, 0.5) is 5.13 Å². The Morgan fingerprint density at radius 2 is 2.24 bits per heavy atom. The van der Waals surface area contributed by atoms with E-state index < -0.39 is 10.0 Å². The molecule has 21 heavy (non-hydrogen) atoms. The number of aryl methyl sites for hydroxylation is 2. The highest BCUT2D eigenvalue weighted by Gasteiger charge is 2.22. The summed E-state index contributed by atoms with van der Waals surface area (Å²) < 4.78 is 22.7. The lowest BCUT2D eigenvalue weighted by atomic mass is 9.87. The van der Waals surface area contributed by atoms with Crippen molar-refractivity contribution in [3.05, 3.63) is 41.1 Å². The number of primary sulfonamides is 1. The van der Waals surface area contributed by atoms with Crippen molar-refractivity contribution in [2.24, 2.45) is 5.14 Å². The lowest BCUT2D eigenvalue weighted by Crippen LogP contribution is -2.17. The molecule has 0 radical (unpaired) electrons. The molecule has 0 saturated heterocycles. The third-order valence-corrected chi connectivity index (χ3v) is 6.01. The summed E-state index contributed by atoms with van der Waals surface area (Å²) in [5.41, 5.74) is 3.87. The number of rotatable bonds is 3. The van der Waals surface area contributed by atoms with Crippen molar-refractivity contribution in [1.82, 2.24) is 4.98 Å². The van der Waals surface area contributed by atoms with E-state index in [2.05, 4.69) is 35.4 Å². The number of anilines is 1. The largest absolute Gasteiger partial charge is 0.355 e. The predicted octanol–water partition coefficient (Wildman–Crippen LogP) is 2.59. The minimum Gasteiger partial charge on any atom is -0.355 e. The molecule has 5 nitrogen and oxygen atoms in total. The van der Waals surface area contributed by atoms with Crippen LogP contribution in [0.5, 0.6) is 0 Å². The highest BCUT2D eigenvalue weighted by molar-refractivity contribution is 7.91. The molecule has 2 aromatic rings. The summed E-state index contributed by atoms with van der Waals surface area (Å²) in [7, 11) is -3.67. The number of nitrogens with zero attached hydrogens (tertiary/aromatic N) is 1. The van der Waals surface area contributed by atoms with Crippen molar-refractivity contribution in [2.45, 2.75) is 36.4 Å². The van der Waals surface area contributed by atoms with E-state index in [1.807, 2.05) is 0 Å². The zero-order valence-electron chi connectivity index (χ0n) is 11.7. The molecule has 112 valence electrons. The third kappa shape index (κ3) is 3.09. The second-order valence-electron chi connectivity index (χ2n) is 5.32. The summed E-state index contributed by atoms with van der Waals surface area (Å²) in [5.74, 6) is 0. The molecule has 1 aromatic carbocycles. The number of thiazole rings is 1. The summed E-state index contributed by atoms with van der Waals surface area (Å²) in [6.07, 6.45) is 4.53. The van der Waals surface area contributed by atoms with Gasteiger partial charge in [-0.15, -0.1) is 0 Å². The summed E-state index contributed by atoms with van der Waals surface area (Å²) in [6, 6.07) is 6.67. The van der Waals surface area contributed by atoms with Gasteiger partial charge >= 0.3 is 0 Å². The summed E-state index contributed by atoms with van der Waals surface area (Å²) in [6.45, 7) is 2.08. The van der Waals surface area contributed by atoms with Crippen LogP contribution in [-0.4, -0.2) is 13.4 Å². The van der Waals surface area contributed by atoms with E-state index in [1.165, 1.54) is 22.9 Å². The maximum atomic E-state index is 11.3. The number of sulfonamides is 1. The van der Waals surface area contributed by atoms with Gasteiger partial charge in [-0.1, -0.05) is 35.1 Å². The Bertz CT molecular complexity index is 768. The molecule has 1 unspecified atom stereocenters. The minimum atomic E-state index is -3.67. The van der Waals surface area contributed by atoms with Gasteiger partial charge in [-0.25, -0.2) is 18.5 Å². The first-order valence-electron chi connectivity index (χ1n) is 6.78. The molecule has 3 N–H and O–H groups in total. The maximum absolute atomic E-state index is 11.3. The fraction of sp³-hybridized carbons (Fsp3) is 0.357. The van der Waals surface area contributed by atoms with Crippen LogP contribution in [0.1, 0.15) is 35.6 Å². The fourth-order valence-corrected chi connectivity index (χ4v) is 4.18. The van der Waals surface area contributed by atoms with Gasteiger partial charge < -0.3 is 5.32 Å². The topological polar surface area (TPSA) is 85.1 Å². The van der Waals surface area contributed by atoms with Crippen molar-refractivity contribution >= 4 is 26.5 Å². The van der Waals surface area contributed by atoms with Crippen LogP contribution in [0.2, 0.25) is 0 Å². The van der Waals surface area contributed by atoms with E-state index in [4.69, 9.17) is 5.14 Å². The SMILES string of the molecule is Cc1ccc2c(c1)C(Nc1ncc(S(N)(=O)=O)s1)CCC2. The van der Waals surface area contributed by atoms with Crippen molar-refractivity contribution < 1.29 is 8.42 Å². The molecule has 1 aliphatic rings. The van der Waals surface area contributed by atoms with E-state index in [9.17, 15) is 8.42 Å². The number of benzene rings is 1. The second-order valence-corrected chi connectivity index (χ2v) is 8.14. The normalized spacial score (nSPS) is 18.3. The van der Waals surface area contributed by atoms with Gasteiger partial charge in [0.25, 0.3) is 0 Å². The Hall–Kier alpha value is -1.44. The van der Waals surface area contributed by atoms with Crippen LogP contribution in [-0.2, 0) is 16.4 Å². The van der Waals surface area contributed by atoms with Crippen molar-refractivity contribution in [2.75, 3.05) is 5.32 Å². The van der Waals surface area contributed by atoms with Gasteiger partial charge in [0.15, 0.2) is 9.34 Å². The molecule has 0 aliphatic heterocycles. The number of fused-ring (bicyclic) bond motifs is 1. The van der Waals surface area contributed by atoms with E-state index in [0.717, 1.165) is 30.6 Å². The Kier molecular flexibility index (Phi) is 3.73. The zero-order chi connectivity index (χ0) is 15.0. The summed E-state index contributed by atoms with van der Waals surface area (Å²) in [4.78, 5) is 4.12. The number of nitrogens with one attached hydrogen (secondary N) is 1. The molecule has 0 bridgehead atoms. The van der Waals surface area contributed by atoms with Gasteiger partial charge in [-0.05, 0) is 37.3 Å². The van der Waals surface area contributed by atoms with Crippen LogP contribution >= 0.6 is 11.3 Å². The molecule has 0 amide bonds. The van der Waals surface area contributed by atoms with E-state index in [0.29, 0.717) is 5.13 Å². The van der Waals surface area contributed by atoms with Crippen LogP contribution in [0.15, 0.2) is 28.6 Å². The first-order valence-corrected chi connectivity index (χ1v) is 9.14. The van der Waals surface area contributed by atoms with E-state index >= 15 is 0 Å². The Morgan fingerprint density at radius 3 is 2.95 bits per heavy atom. The minimum absolute atomic E-state index is 0.0882. The molecule has 3 rings (SSSR count). The molecule has 1 aromatic heterocycles. The van der Waals surface area contributed by atoms with Crippen molar-refractivity contribution in [3.63, 3.8) is 0 Å². The van der Waals surface area contributed by atoms with Crippen molar-refractivity contribution in [3.8, 4) is 0 Å². The number of hydrogen-bond donors (Lipinski definition) is 2. The zero-order valence-corrected chi connectivity index (χ0v) is 13.3. The van der Waals surface area contributed by atoms with Gasteiger partial charge in [-0.3, -0.25) is 0 Å². The molecular weight excluding hydrogens is 306 g/mol. The first-order chi connectivity index (χ1) is 9.93. The predicted molar refractivity (Wildman–Crippen MR) is 84.0 cm³/mol. The average molecular weight is 323 g/mol. The number of hydrogen-bond acceptors (Lipinski definition) is 5. The van der Waals surface area contributed by atoms with Gasteiger partial charge in [0, 0.05) is 0 Å². The standard InChI is InChI=1S/C14H17N3O2S2/c1-9-5-6-10-3-2-4-12(11(10)7-9)17-14-16-8-13(20-14)21(15,18)19/h5-8,12H,2-4H2,1H3,(H,16,17)(H2,15,18,19). The Morgan fingerprint density at radius 1 is 1.43 bits per heavy atom. The lowest BCUT2D eigenvalue weighted by molar-refractivity contribution is 0.599. The highest BCUT2D eigenvalue weighted by atomic mass is 32.2. The van der Waals surface area contributed by atoms with Crippen LogP contribution in [0, 0.1) is 6.92 Å². The number of aromatic nitrogens is 1. The summed E-state index contributed by atoms with van der Waals surface area (Å²) in [5, 5.41) is 9.05. The van der Waals surface area contributed by atoms with Crippen LogP contribution < -0.4 is 10.5 Å². The molecular formula is C14H17N3O2S2. The molecule has 7 heteroatoms. The number of nitrogens with two attached hydrogens (primary N) is 1.